The number of nitrogens with zero attached hydrogens (tertiary/aromatic N) is 2. The van der Waals surface area contributed by atoms with Crippen LogP contribution in [0.4, 0.5) is 0 Å². The van der Waals surface area contributed by atoms with Gasteiger partial charge in [0.15, 0.2) is 0 Å². The van der Waals surface area contributed by atoms with Crippen LogP contribution < -0.4 is 11.1 Å². The molecule has 0 bridgehead atoms. The van der Waals surface area contributed by atoms with Crippen LogP contribution in [0.1, 0.15) is 45.4 Å². The number of hydrogen-bond donors (Lipinski definition) is 2. The summed E-state index contributed by atoms with van der Waals surface area (Å²) < 4.78 is 0. The van der Waals surface area contributed by atoms with Crippen LogP contribution in [0.2, 0.25) is 0 Å². The second-order valence-electron chi connectivity index (χ2n) is 7.26. The lowest BCUT2D eigenvalue weighted by atomic mass is 9.75. The minimum absolute atomic E-state index is 0.189. The highest BCUT2D eigenvalue weighted by Gasteiger charge is 2.47. The molecule has 5 nitrogen and oxygen atoms in total. The predicted octanol–water partition coefficient (Wildman–Crippen LogP) is 0.789. The smallest absolute Gasteiger partial charge is 0.237 e. The minimum Gasteiger partial charge on any atom is -0.368 e. The summed E-state index contributed by atoms with van der Waals surface area (Å²) in [6.45, 7) is 3.92. The minimum atomic E-state index is -0.488. The number of rotatable bonds is 7. The molecule has 0 heterocycles. The van der Waals surface area contributed by atoms with Gasteiger partial charge in [-0.15, -0.1) is 0 Å². The molecule has 0 aromatic rings. The number of nitrogens with two attached hydrogens (primary N) is 1. The molecule has 0 radical (unpaired) electrons. The van der Waals surface area contributed by atoms with E-state index in [0.717, 1.165) is 32.4 Å². The molecule has 122 valence electrons. The number of hydrogen-bond acceptors (Lipinski definition) is 4. The molecule has 2 rings (SSSR count). The monoisotopic (exact) mass is 296 g/mol. The maximum absolute atomic E-state index is 11.9. The van der Waals surface area contributed by atoms with Crippen LogP contribution in [0.25, 0.3) is 0 Å². The van der Waals surface area contributed by atoms with Crippen molar-refractivity contribution in [1.82, 2.24) is 15.1 Å². The van der Waals surface area contributed by atoms with E-state index in [4.69, 9.17) is 5.73 Å². The van der Waals surface area contributed by atoms with Crippen molar-refractivity contribution >= 4 is 5.91 Å². The fraction of sp³-hybridized carbons (Fsp3) is 0.938. The summed E-state index contributed by atoms with van der Waals surface area (Å²) in [5, 5.41) is 3.34. The summed E-state index contributed by atoms with van der Waals surface area (Å²) in [6, 6.07) is 0.453. The molecule has 2 atom stereocenters. The Bertz CT molecular complexity index is 380. The van der Waals surface area contributed by atoms with Crippen LogP contribution in [-0.4, -0.2) is 67.1 Å². The van der Waals surface area contributed by atoms with Gasteiger partial charge in [-0.25, -0.2) is 0 Å². The molecule has 5 heteroatoms. The maximum atomic E-state index is 11.9. The highest BCUT2D eigenvalue weighted by Crippen LogP contribution is 2.39. The summed E-state index contributed by atoms with van der Waals surface area (Å²) in [5.41, 5.74) is 5.52. The van der Waals surface area contributed by atoms with Crippen LogP contribution in [0.15, 0.2) is 0 Å². The van der Waals surface area contributed by atoms with Crippen molar-refractivity contribution < 1.29 is 4.79 Å². The molecule has 1 amide bonds. The van der Waals surface area contributed by atoms with E-state index < -0.39 is 5.54 Å². The third-order valence-corrected chi connectivity index (χ3v) is 5.88. The molecule has 2 saturated carbocycles. The Labute approximate surface area is 129 Å². The van der Waals surface area contributed by atoms with Gasteiger partial charge in [0.05, 0.1) is 5.54 Å². The van der Waals surface area contributed by atoms with Gasteiger partial charge in [0.2, 0.25) is 5.91 Å². The number of likely N-dealkylation sites (N-methyl/N-ethyl adjacent to an activating group) is 3. The van der Waals surface area contributed by atoms with Gasteiger partial charge in [-0.1, -0.05) is 6.92 Å². The van der Waals surface area contributed by atoms with Crippen molar-refractivity contribution in [3.63, 3.8) is 0 Å². The number of carbonyl (C=O) groups is 1. The number of nitrogens with one attached hydrogen (secondary N) is 1. The second-order valence-corrected chi connectivity index (χ2v) is 7.26. The summed E-state index contributed by atoms with van der Waals surface area (Å²) in [7, 11) is 6.58. The van der Waals surface area contributed by atoms with E-state index in [1.54, 1.807) is 0 Å². The first kappa shape index (κ1) is 16.7. The first-order chi connectivity index (χ1) is 9.85. The molecule has 2 unspecified atom stereocenters. The Kier molecular flexibility index (Phi) is 4.96. The third-order valence-electron chi connectivity index (χ3n) is 5.88. The molecule has 2 aliphatic rings. The molecule has 0 aliphatic heterocycles. The number of carbonyl (C=O) groups excluding carboxylic acids is 1. The van der Waals surface area contributed by atoms with E-state index in [9.17, 15) is 4.79 Å². The SMILES string of the molecule is CCNC1(C(N)=O)CCC(N(C)CC2(N(C)C)CCC2)C1. The van der Waals surface area contributed by atoms with Crippen molar-refractivity contribution in [3.05, 3.63) is 0 Å². The lowest BCUT2D eigenvalue weighted by molar-refractivity contribution is -0.124. The van der Waals surface area contributed by atoms with Crippen LogP contribution in [0.3, 0.4) is 0 Å². The van der Waals surface area contributed by atoms with Gasteiger partial charge in [0.25, 0.3) is 0 Å². The molecule has 2 aliphatic carbocycles. The standard InChI is InChI=1S/C16H32N4O/c1-5-18-16(14(17)21)10-7-13(11-16)20(4)12-15(19(2)3)8-6-9-15/h13,18H,5-12H2,1-4H3,(H2,17,21). The van der Waals surface area contributed by atoms with Crippen LogP contribution in [0, 0.1) is 0 Å². The molecule has 21 heavy (non-hydrogen) atoms. The normalized spacial score (nSPS) is 31.6. The Balaban J connectivity index is 1.98. The first-order valence-electron chi connectivity index (χ1n) is 8.28. The molecule has 3 N–H and O–H groups in total. The quantitative estimate of drug-likeness (QED) is 0.729. The molecular weight excluding hydrogens is 264 g/mol. The van der Waals surface area contributed by atoms with Crippen molar-refractivity contribution in [2.75, 3.05) is 34.2 Å². The van der Waals surface area contributed by atoms with E-state index in [1.807, 2.05) is 6.92 Å². The molecule has 2 fully saturated rings. The molecule has 0 spiro atoms. The van der Waals surface area contributed by atoms with Gasteiger partial charge in [-0.05, 0) is 66.2 Å². The number of primary amides is 1. The highest BCUT2D eigenvalue weighted by molar-refractivity contribution is 5.85. The fourth-order valence-corrected chi connectivity index (χ4v) is 4.13. The Morgan fingerprint density at radius 1 is 1.29 bits per heavy atom. The van der Waals surface area contributed by atoms with E-state index in [-0.39, 0.29) is 5.91 Å². The average molecular weight is 296 g/mol. The van der Waals surface area contributed by atoms with Gasteiger partial charge in [0, 0.05) is 18.1 Å². The van der Waals surface area contributed by atoms with E-state index >= 15 is 0 Å². The lowest BCUT2D eigenvalue weighted by Crippen LogP contribution is -2.58. The van der Waals surface area contributed by atoms with Gasteiger partial charge in [-0.2, -0.15) is 0 Å². The summed E-state index contributed by atoms with van der Waals surface area (Å²) in [4.78, 5) is 16.7. The zero-order valence-electron chi connectivity index (χ0n) is 14.1. The van der Waals surface area contributed by atoms with E-state index in [1.165, 1.54) is 19.3 Å². The van der Waals surface area contributed by atoms with Crippen LogP contribution >= 0.6 is 0 Å². The lowest BCUT2D eigenvalue weighted by Gasteiger charge is -2.50. The van der Waals surface area contributed by atoms with Crippen molar-refractivity contribution in [2.45, 2.75) is 62.6 Å². The largest absolute Gasteiger partial charge is 0.368 e. The van der Waals surface area contributed by atoms with Gasteiger partial charge in [-0.3, -0.25) is 4.79 Å². The van der Waals surface area contributed by atoms with Gasteiger partial charge < -0.3 is 20.9 Å². The zero-order chi connectivity index (χ0) is 15.7. The molecular formula is C16H32N4O. The number of amides is 1. The molecule has 0 aromatic carbocycles. The zero-order valence-corrected chi connectivity index (χ0v) is 14.1. The summed E-state index contributed by atoms with van der Waals surface area (Å²) in [6.07, 6.45) is 6.65. The fourth-order valence-electron chi connectivity index (χ4n) is 4.13. The van der Waals surface area contributed by atoms with Gasteiger partial charge >= 0.3 is 0 Å². The summed E-state index contributed by atoms with van der Waals surface area (Å²) >= 11 is 0. The van der Waals surface area contributed by atoms with E-state index in [2.05, 4.69) is 36.3 Å². The molecule has 0 aromatic heterocycles. The Morgan fingerprint density at radius 2 is 1.95 bits per heavy atom. The first-order valence-corrected chi connectivity index (χ1v) is 8.28. The Morgan fingerprint density at radius 3 is 2.38 bits per heavy atom. The van der Waals surface area contributed by atoms with Gasteiger partial charge in [0.1, 0.15) is 0 Å². The van der Waals surface area contributed by atoms with Crippen LogP contribution in [-0.2, 0) is 4.79 Å². The van der Waals surface area contributed by atoms with Crippen molar-refractivity contribution in [1.29, 1.82) is 0 Å². The van der Waals surface area contributed by atoms with Crippen LogP contribution in [0.5, 0.6) is 0 Å². The summed E-state index contributed by atoms with van der Waals surface area (Å²) in [5.74, 6) is -0.189. The van der Waals surface area contributed by atoms with Crippen molar-refractivity contribution in [3.8, 4) is 0 Å². The Hall–Kier alpha value is -0.650. The predicted molar refractivity (Wildman–Crippen MR) is 86.1 cm³/mol. The highest BCUT2D eigenvalue weighted by atomic mass is 16.1. The average Bonchev–Trinajstić information content (AvgIpc) is 2.79. The third kappa shape index (κ3) is 3.10. The van der Waals surface area contributed by atoms with Crippen molar-refractivity contribution in [2.24, 2.45) is 5.73 Å². The van der Waals surface area contributed by atoms with E-state index in [0.29, 0.717) is 11.6 Å². The topological polar surface area (TPSA) is 61.6 Å². The maximum Gasteiger partial charge on any atom is 0.237 e. The second kappa shape index (κ2) is 6.23. The molecule has 0 saturated heterocycles.